The first-order chi connectivity index (χ1) is 14.4. The number of rotatable bonds is 8. The van der Waals surface area contributed by atoms with Crippen molar-refractivity contribution < 1.29 is 13.2 Å². The van der Waals surface area contributed by atoms with Gasteiger partial charge in [0.1, 0.15) is 6.54 Å². The summed E-state index contributed by atoms with van der Waals surface area (Å²) in [6.07, 6.45) is 7.66. The van der Waals surface area contributed by atoms with E-state index in [4.69, 9.17) is 11.6 Å². The minimum atomic E-state index is -3.92. The Kier molecular flexibility index (Phi) is 7.56. The molecule has 0 heterocycles. The van der Waals surface area contributed by atoms with Crippen LogP contribution in [0, 0.1) is 6.92 Å². The van der Waals surface area contributed by atoms with Crippen molar-refractivity contribution in [1.82, 2.24) is 5.32 Å². The topological polar surface area (TPSA) is 66.5 Å². The lowest BCUT2D eigenvalue weighted by Crippen LogP contribution is -2.41. The van der Waals surface area contributed by atoms with E-state index in [1.54, 1.807) is 12.1 Å². The molecular weight excluding hydrogens is 420 g/mol. The van der Waals surface area contributed by atoms with Crippen LogP contribution in [0.15, 0.2) is 65.1 Å². The second-order valence-corrected chi connectivity index (χ2v) is 9.81. The maximum absolute atomic E-state index is 13.3. The van der Waals surface area contributed by atoms with Gasteiger partial charge >= 0.3 is 0 Å². The maximum Gasteiger partial charge on any atom is 0.264 e. The van der Waals surface area contributed by atoms with E-state index >= 15 is 0 Å². The number of hydrogen-bond acceptors (Lipinski definition) is 3. The number of halogens is 1. The molecule has 0 aromatic heterocycles. The SMILES string of the molecule is Cc1ccc(N(CC(=O)NCCC2=CCCCC2)S(=O)(=O)c2ccc(Cl)cc2)cc1. The molecule has 0 fully saturated rings. The van der Waals surface area contributed by atoms with Crippen molar-refractivity contribution >= 4 is 33.2 Å². The lowest BCUT2D eigenvalue weighted by molar-refractivity contribution is -0.119. The van der Waals surface area contributed by atoms with E-state index in [2.05, 4.69) is 11.4 Å². The number of aryl methyl sites for hydroxylation is 1. The third-order valence-corrected chi connectivity index (χ3v) is 7.20. The van der Waals surface area contributed by atoms with Gasteiger partial charge in [0.25, 0.3) is 10.0 Å². The Balaban J connectivity index is 1.75. The molecule has 1 aliphatic rings. The van der Waals surface area contributed by atoms with E-state index in [1.807, 2.05) is 19.1 Å². The molecule has 2 aromatic rings. The van der Waals surface area contributed by atoms with Gasteiger partial charge in [0.2, 0.25) is 5.91 Å². The molecule has 0 saturated carbocycles. The predicted molar refractivity (Wildman–Crippen MR) is 121 cm³/mol. The quantitative estimate of drug-likeness (QED) is 0.589. The van der Waals surface area contributed by atoms with Crippen LogP contribution in [0.2, 0.25) is 5.02 Å². The van der Waals surface area contributed by atoms with Gasteiger partial charge in [-0.2, -0.15) is 0 Å². The largest absolute Gasteiger partial charge is 0.354 e. The summed E-state index contributed by atoms with van der Waals surface area (Å²) in [5.41, 5.74) is 2.82. The molecule has 0 bridgehead atoms. The van der Waals surface area contributed by atoms with E-state index < -0.39 is 10.0 Å². The number of nitrogens with one attached hydrogen (secondary N) is 1. The zero-order valence-electron chi connectivity index (χ0n) is 17.1. The van der Waals surface area contributed by atoms with Gasteiger partial charge in [0.05, 0.1) is 10.6 Å². The van der Waals surface area contributed by atoms with Gasteiger partial charge in [-0.3, -0.25) is 9.10 Å². The Morgan fingerprint density at radius 3 is 2.40 bits per heavy atom. The van der Waals surface area contributed by atoms with Crippen molar-refractivity contribution in [3.8, 4) is 0 Å². The monoisotopic (exact) mass is 446 g/mol. The summed E-state index contributed by atoms with van der Waals surface area (Å²) < 4.78 is 27.7. The third-order valence-electron chi connectivity index (χ3n) is 5.16. The van der Waals surface area contributed by atoms with Crippen LogP contribution < -0.4 is 9.62 Å². The lowest BCUT2D eigenvalue weighted by Gasteiger charge is -2.24. The van der Waals surface area contributed by atoms with E-state index in [1.165, 1.54) is 42.7 Å². The highest BCUT2D eigenvalue weighted by molar-refractivity contribution is 7.92. The first-order valence-electron chi connectivity index (χ1n) is 10.2. The fraction of sp³-hybridized carbons (Fsp3) is 0.348. The molecule has 0 aliphatic heterocycles. The summed E-state index contributed by atoms with van der Waals surface area (Å²) >= 11 is 5.90. The zero-order chi connectivity index (χ0) is 21.6. The summed E-state index contributed by atoms with van der Waals surface area (Å²) in [7, 11) is -3.92. The van der Waals surface area contributed by atoms with Crippen LogP contribution in [-0.2, 0) is 14.8 Å². The minimum absolute atomic E-state index is 0.0904. The van der Waals surface area contributed by atoms with Crippen LogP contribution in [-0.4, -0.2) is 27.4 Å². The van der Waals surface area contributed by atoms with Gasteiger partial charge in [-0.25, -0.2) is 8.42 Å². The third kappa shape index (κ3) is 5.86. The molecular formula is C23H27ClN2O3S. The number of nitrogens with zero attached hydrogens (tertiary/aromatic N) is 1. The summed E-state index contributed by atoms with van der Waals surface area (Å²) in [5, 5.41) is 3.32. The van der Waals surface area contributed by atoms with Gasteiger partial charge in [-0.15, -0.1) is 0 Å². The first kappa shape index (κ1) is 22.4. The highest BCUT2D eigenvalue weighted by Gasteiger charge is 2.27. The molecule has 0 atom stereocenters. The Labute approximate surface area is 183 Å². The highest BCUT2D eigenvalue weighted by atomic mass is 35.5. The van der Waals surface area contributed by atoms with E-state index in [9.17, 15) is 13.2 Å². The first-order valence-corrected chi connectivity index (χ1v) is 12.0. The second-order valence-electron chi connectivity index (χ2n) is 7.51. The summed E-state index contributed by atoms with van der Waals surface area (Å²) in [6.45, 7) is 2.15. The Hall–Kier alpha value is -2.31. The van der Waals surface area contributed by atoms with Gasteiger partial charge in [0.15, 0.2) is 0 Å². The molecule has 1 amide bonds. The molecule has 7 heteroatoms. The number of amides is 1. The predicted octanol–water partition coefficient (Wildman–Crippen LogP) is 4.85. The Morgan fingerprint density at radius 1 is 1.07 bits per heavy atom. The smallest absolute Gasteiger partial charge is 0.264 e. The van der Waals surface area contributed by atoms with Crippen LogP contribution >= 0.6 is 11.6 Å². The molecule has 30 heavy (non-hydrogen) atoms. The number of benzene rings is 2. The van der Waals surface area contributed by atoms with Crippen molar-refractivity contribution in [2.75, 3.05) is 17.4 Å². The molecule has 160 valence electrons. The van der Waals surface area contributed by atoms with Crippen molar-refractivity contribution in [2.24, 2.45) is 0 Å². The molecule has 0 spiro atoms. The lowest BCUT2D eigenvalue weighted by atomic mass is 9.97. The number of carbonyl (C=O) groups is 1. The number of carbonyl (C=O) groups excluding carboxylic acids is 1. The maximum atomic E-state index is 13.3. The Bertz CT molecular complexity index is 1000. The van der Waals surface area contributed by atoms with E-state index in [-0.39, 0.29) is 17.3 Å². The summed E-state index contributed by atoms with van der Waals surface area (Å²) in [5.74, 6) is -0.329. The zero-order valence-corrected chi connectivity index (χ0v) is 18.7. The Morgan fingerprint density at radius 2 is 1.77 bits per heavy atom. The minimum Gasteiger partial charge on any atom is -0.354 e. The van der Waals surface area contributed by atoms with Crippen molar-refractivity contribution in [2.45, 2.75) is 43.9 Å². The highest BCUT2D eigenvalue weighted by Crippen LogP contribution is 2.25. The van der Waals surface area contributed by atoms with Crippen LogP contribution in [0.3, 0.4) is 0 Å². The number of hydrogen-bond donors (Lipinski definition) is 1. The number of sulfonamides is 1. The number of allylic oxidation sites excluding steroid dienone is 1. The van der Waals surface area contributed by atoms with Crippen LogP contribution in [0.4, 0.5) is 5.69 Å². The standard InChI is InChI=1S/C23H27ClN2O3S/c1-18-7-11-21(12-8-18)26(30(28,29)22-13-9-20(24)10-14-22)17-23(27)25-16-15-19-5-3-2-4-6-19/h5,7-14H,2-4,6,15-17H2,1H3,(H,25,27). The molecule has 0 unspecified atom stereocenters. The summed E-state index contributed by atoms with van der Waals surface area (Å²) in [6, 6.07) is 13.0. The van der Waals surface area contributed by atoms with Crippen molar-refractivity contribution in [3.05, 3.63) is 70.8 Å². The molecule has 1 aliphatic carbocycles. The molecule has 3 rings (SSSR count). The van der Waals surface area contributed by atoms with E-state index in [0.717, 1.165) is 29.1 Å². The number of anilines is 1. The van der Waals surface area contributed by atoms with Gasteiger partial charge in [0, 0.05) is 11.6 Å². The molecule has 0 saturated heterocycles. The summed E-state index contributed by atoms with van der Waals surface area (Å²) in [4.78, 5) is 12.7. The van der Waals surface area contributed by atoms with E-state index in [0.29, 0.717) is 17.3 Å². The molecule has 1 N–H and O–H groups in total. The second kappa shape index (κ2) is 10.1. The fourth-order valence-electron chi connectivity index (χ4n) is 3.44. The average molecular weight is 447 g/mol. The average Bonchev–Trinajstić information content (AvgIpc) is 2.74. The van der Waals surface area contributed by atoms with Crippen LogP contribution in [0.25, 0.3) is 0 Å². The van der Waals surface area contributed by atoms with Gasteiger partial charge in [-0.05, 0) is 75.4 Å². The van der Waals surface area contributed by atoms with Gasteiger partial charge in [-0.1, -0.05) is 40.9 Å². The fourth-order valence-corrected chi connectivity index (χ4v) is 4.99. The van der Waals surface area contributed by atoms with Crippen LogP contribution in [0.1, 0.15) is 37.7 Å². The molecule has 0 radical (unpaired) electrons. The van der Waals surface area contributed by atoms with Crippen molar-refractivity contribution in [3.63, 3.8) is 0 Å². The van der Waals surface area contributed by atoms with Crippen LogP contribution in [0.5, 0.6) is 0 Å². The molecule has 5 nitrogen and oxygen atoms in total. The van der Waals surface area contributed by atoms with Gasteiger partial charge < -0.3 is 5.32 Å². The molecule has 2 aromatic carbocycles. The van der Waals surface area contributed by atoms with Crippen molar-refractivity contribution in [1.29, 1.82) is 0 Å². The normalized spacial score (nSPS) is 14.1.